The highest BCUT2D eigenvalue weighted by molar-refractivity contribution is 9.10. The van der Waals surface area contributed by atoms with Gasteiger partial charge in [0.1, 0.15) is 10.7 Å². The van der Waals surface area contributed by atoms with E-state index in [0.717, 1.165) is 12.1 Å². The molecular weight excluding hydrogens is 339 g/mol. The van der Waals surface area contributed by atoms with Crippen LogP contribution >= 0.6 is 15.9 Å². The van der Waals surface area contributed by atoms with Crippen molar-refractivity contribution in [1.82, 2.24) is 4.72 Å². The van der Waals surface area contributed by atoms with Crippen molar-refractivity contribution >= 4 is 31.6 Å². The highest BCUT2D eigenvalue weighted by Gasteiger charge is 2.29. The van der Waals surface area contributed by atoms with Gasteiger partial charge in [0.2, 0.25) is 10.0 Å². The van der Waals surface area contributed by atoms with Crippen molar-refractivity contribution in [3.8, 4) is 0 Å². The Hall–Kier alpha value is -0.700. The van der Waals surface area contributed by atoms with E-state index in [1.54, 1.807) is 0 Å². The Balaban J connectivity index is 2.13. The molecule has 1 aliphatic carbocycles. The second-order valence-electron chi connectivity index (χ2n) is 4.65. The number of hydrogen-bond acceptors (Lipinski definition) is 4. The van der Waals surface area contributed by atoms with Crippen LogP contribution in [0.3, 0.4) is 0 Å². The molecule has 0 aromatic heterocycles. The lowest BCUT2D eigenvalue weighted by Gasteiger charge is -2.31. The van der Waals surface area contributed by atoms with Crippen molar-refractivity contribution in [3.05, 3.63) is 22.4 Å². The number of nitrogens with one attached hydrogen (secondary N) is 1. The molecule has 106 valence electrons. The second kappa shape index (κ2) is 5.35. The van der Waals surface area contributed by atoms with Crippen molar-refractivity contribution in [2.75, 3.05) is 12.3 Å². The molecule has 0 heterocycles. The number of nitrogen functional groups attached to an aromatic ring is 1. The number of aliphatic hydroxyl groups excluding tert-OH is 1. The Morgan fingerprint density at radius 1 is 1.47 bits per heavy atom. The molecule has 8 heteroatoms. The summed E-state index contributed by atoms with van der Waals surface area (Å²) in [6, 6.07) is 2.11. The predicted octanol–water partition coefficient (Wildman–Crippen LogP) is 1.22. The van der Waals surface area contributed by atoms with Crippen LogP contribution in [0.2, 0.25) is 0 Å². The normalized spacial score (nSPS) is 23.1. The predicted molar refractivity (Wildman–Crippen MR) is 72.4 cm³/mol. The molecule has 19 heavy (non-hydrogen) atoms. The van der Waals surface area contributed by atoms with Gasteiger partial charge in [-0.05, 0) is 46.8 Å². The van der Waals surface area contributed by atoms with E-state index in [9.17, 15) is 12.8 Å². The van der Waals surface area contributed by atoms with Gasteiger partial charge in [0.25, 0.3) is 0 Å². The van der Waals surface area contributed by atoms with Crippen molar-refractivity contribution in [2.45, 2.75) is 23.8 Å². The molecule has 0 bridgehead atoms. The maximum absolute atomic E-state index is 13.7. The quantitative estimate of drug-likeness (QED) is 0.710. The molecule has 0 spiro atoms. The van der Waals surface area contributed by atoms with Crippen LogP contribution in [-0.4, -0.2) is 26.2 Å². The molecule has 2 rings (SSSR count). The van der Waals surface area contributed by atoms with Gasteiger partial charge in [-0.15, -0.1) is 0 Å². The molecular formula is C11H14BrFN2O3S. The monoisotopic (exact) mass is 352 g/mol. The Labute approximate surface area is 119 Å². The fourth-order valence-electron chi connectivity index (χ4n) is 1.92. The molecule has 0 saturated heterocycles. The summed E-state index contributed by atoms with van der Waals surface area (Å²) in [4.78, 5) is -0.465. The molecule has 1 aromatic rings. The highest BCUT2D eigenvalue weighted by Crippen LogP contribution is 2.28. The number of rotatable bonds is 4. The maximum atomic E-state index is 13.7. The maximum Gasteiger partial charge on any atom is 0.243 e. The zero-order chi connectivity index (χ0) is 14.2. The minimum absolute atomic E-state index is 0.0978. The van der Waals surface area contributed by atoms with Crippen LogP contribution in [0.25, 0.3) is 0 Å². The van der Waals surface area contributed by atoms with E-state index in [1.165, 1.54) is 0 Å². The largest absolute Gasteiger partial charge is 0.398 e. The summed E-state index contributed by atoms with van der Waals surface area (Å²) in [6.07, 6.45) is 0.774. The number of nitrogens with two attached hydrogens (primary N) is 1. The number of halogens is 2. The average Bonchev–Trinajstić information content (AvgIpc) is 2.27. The van der Waals surface area contributed by atoms with Crippen LogP contribution in [-0.2, 0) is 10.0 Å². The lowest BCUT2D eigenvalue weighted by atomic mass is 9.83. The van der Waals surface area contributed by atoms with Crippen molar-refractivity contribution in [2.24, 2.45) is 5.92 Å². The van der Waals surface area contributed by atoms with Gasteiger partial charge in [0.05, 0.1) is 6.10 Å². The van der Waals surface area contributed by atoms with Crippen molar-refractivity contribution < 1.29 is 17.9 Å². The number of benzene rings is 1. The van der Waals surface area contributed by atoms with Crippen molar-refractivity contribution in [1.29, 1.82) is 0 Å². The van der Waals surface area contributed by atoms with Crippen LogP contribution in [0.15, 0.2) is 21.5 Å². The van der Waals surface area contributed by atoms with Crippen LogP contribution in [0.1, 0.15) is 12.8 Å². The molecule has 1 fully saturated rings. The van der Waals surface area contributed by atoms with Gasteiger partial charge in [-0.1, -0.05) is 0 Å². The molecule has 0 radical (unpaired) electrons. The van der Waals surface area contributed by atoms with Crippen LogP contribution < -0.4 is 10.5 Å². The molecule has 0 unspecified atom stereocenters. The summed E-state index contributed by atoms with van der Waals surface area (Å²) < 4.78 is 40.2. The van der Waals surface area contributed by atoms with E-state index >= 15 is 0 Å². The van der Waals surface area contributed by atoms with E-state index in [-0.39, 0.29) is 24.3 Å². The first-order valence-electron chi connectivity index (χ1n) is 5.72. The summed E-state index contributed by atoms with van der Waals surface area (Å²) in [7, 11) is -3.93. The zero-order valence-electron chi connectivity index (χ0n) is 9.94. The average molecular weight is 353 g/mol. The lowest BCUT2D eigenvalue weighted by molar-refractivity contribution is 0.0453. The highest BCUT2D eigenvalue weighted by atomic mass is 79.9. The van der Waals surface area contributed by atoms with Gasteiger partial charge in [0.15, 0.2) is 0 Å². The van der Waals surface area contributed by atoms with E-state index < -0.39 is 20.7 Å². The Bertz CT molecular complexity index is 588. The Morgan fingerprint density at radius 3 is 2.68 bits per heavy atom. The first kappa shape index (κ1) is 14.7. The molecule has 1 saturated carbocycles. The standard InChI is InChI=1S/C11H14BrFN2O3S/c12-8-3-9(13)11(4-10(8)14)19(17,18)15-5-6-1-7(16)2-6/h3-4,6-7,15-16H,1-2,5,14H2. The van der Waals surface area contributed by atoms with Crippen molar-refractivity contribution in [3.63, 3.8) is 0 Å². The van der Waals surface area contributed by atoms with E-state index in [0.29, 0.717) is 17.3 Å². The number of aliphatic hydroxyl groups is 1. The number of anilines is 1. The summed E-state index contributed by atoms with van der Waals surface area (Å²) in [5.74, 6) is -0.761. The van der Waals surface area contributed by atoms with E-state index in [1.807, 2.05) is 0 Å². The molecule has 1 aliphatic rings. The van der Waals surface area contributed by atoms with Crippen LogP contribution in [0.4, 0.5) is 10.1 Å². The summed E-state index contributed by atoms with van der Waals surface area (Å²) in [5, 5.41) is 9.12. The first-order valence-corrected chi connectivity index (χ1v) is 7.99. The topological polar surface area (TPSA) is 92.4 Å². The second-order valence-corrected chi connectivity index (χ2v) is 7.24. The lowest BCUT2D eigenvalue weighted by Crippen LogP contribution is -2.38. The molecule has 1 aromatic carbocycles. The number of hydrogen-bond donors (Lipinski definition) is 3. The van der Waals surface area contributed by atoms with Gasteiger partial charge in [0, 0.05) is 16.7 Å². The molecule has 5 nitrogen and oxygen atoms in total. The van der Waals surface area contributed by atoms with Gasteiger partial charge in [-0.25, -0.2) is 17.5 Å². The number of sulfonamides is 1. The molecule has 0 atom stereocenters. The van der Waals surface area contributed by atoms with Crippen LogP contribution in [0, 0.1) is 11.7 Å². The van der Waals surface area contributed by atoms with E-state index in [2.05, 4.69) is 20.7 Å². The minimum Gasteiger partial charge on any atom is -0.398 e. The third kappa shape index (κ3) is 3.25. The fraction of sp³-hybridized carbons (Fsp3) is 0.455. The summed E-state index contributed by atoms with van der Waals surface area (Å²) >= 11 is 3.03. The Morgan fingerprint density at radius 2 is 2.11 bits per heavy atom. The smallest absolute Gasteiger partial charge is 0.243 e. The van der Waals surface area contributed by atoms with E-state index in [4.69, 9.17) is 10.8 Å². The molecule has 0 amide bonds. The van der Waals surface area contributed by atoms with Gasteiger partial charge in [-0.3, -0.25) is 0 Å². The zero-order valence-corrected chi connectivity index (χ0v) is 12.3. The Kier molecular flexibility index (Phi) is 4.14. The molecule has 0 aliphatic heterocycles. The summed E-state index contributed by atoms with van der Waals surface area (Å²) in [6.45, 7) is 0.189. The SMILES string of the molecule is Nc1cc(S(=O)(=O)NCC2CC(O)C2)c(F)cc1Br. The third-order valence-corrected chi connectivity index (χ3v) is 5.24. The fourth-order valence-corrected chi connectivity index (χ4v) is 3.45. The van der Waals surface area contributed by atoms with Crippen LogP contribution in [0.5, 0.6) is 0 Å². The molecule has 4 N–H and O–H groups in total. The third-order valence-electron chi connectivity index (χ3n) is 3.11. The summed E-state index contributed by atoms with van der Waals surface area (Å²) in [5.41, 5.74) is 5.71. The first-order chi connectivity index (χ1) is 8.79. The van der Waals surface area contributed by atoms with Gasteiger partial charge < -0.3 is 10.8 Å². The minimum atomic E-state index is -3.93. The van der Waals surface area contributed by atoms with Gasteiger partial charge >= 0.3 is 0 Å². The van der Waals surface area contributed by atoms with Gasteiger partial charge in [-0.2, -0.15) is 0 Å².